The van der Waals surface area contributed by atoms with Gasteiger partial charge in [-0.15, -0.1) is 11.8 Å². The minimum absolute atomic E-state index is 0.0135. The van der Waals surface area contributed by atoms with Crippen LogP contribution in [0.5, 0.6) is 0 Å². The molecule has 2 rings (SSSR count). The number of halogens is 3. The molecule has 0 aromatic heterocycles. The van der Waals surface area contributed by atoms with E-state index in [0.717, 1.165) is 23.9 Å². The van der Waals surface area contributed by atoms with Gasteiger partial charge in [-0.1, -0.05) is 13.0 Å². The highest BCUT2D eigenvalue weighted by molar-refractivity contribution is 8.00. The molecule has 1 saturated heterocycles. The van der Waals surface area contributed by atoms with Crippen molar-refractivity contribution < 1.29 is 27.9 Å². The van der Waals surface area contributed by atoms with Crippen LogP contribution in [0.25, 0.3) is 0 Å². The Kier molecular flexibility index (Phi) is 5.79. The number of carboxylic acid groups (broad SMARTS) is 1. The number of benzene rings is 1. The third-order valence-electron chi connectivity index (χ3n) is 3.89. The number of carbonyl (C=O) groups excluding carboxylic acids is 1. The van der Waals surface area contributed by atoms with E-state index in [-0.39, 0.29) is 24.1 Å². The molecule has 2 unspecified atom stereocenters. The minimum atomic E-state index is -4.42. The van der Waals surface area contributed by atoms with Crippen LogP contribution >= 0.6 is 11.8 Å². The highest BCUT2D eigenvalue weighted by atomic mass is 32.2. The number of carbonyl (C=O) groups is 2. The van der Waals surface area contributed by atoms with Crippen molar-refractivity contribution in [1.29, 1.82) is 0 Å². The Balaban J connectivity index is 1.97. The van der Waals surface area contributed by atoms with Gasteiger partial charge in [0.1, 0.15) is 0 Å². The molecular formula is C16H18F3NO3S. The molecule has 8 heteroatoms. The van der Waals surface area contributed by atoms with Gasteiger partial charge in [0.25, 0.3) is 0 Å². The molecule has 2 atom stereocenters. The van der Waals surface area contributed by atoms with E-state index in [1.165, 1.54) is 17.0 Å². The van der Waals surface area contributed by atoms with Gasteiger partial charge >= 0.3 is 12.1 Å². The summed E-state index contributed by atoms with van der Waals surface area (Å²) in [7, 11) is 0. The normalized spacial score (nSPS) is 21.6. The van der Waals surface area contributed by atoms with Crippen molar-refractivity contribution in [2.24, 2.45) is 11.8 Å². The Labute approximate surface area is 142 Å². The molecular weight excluding hydrogens is 343 g/mol. The number of amides is 1. The average Bonchev–Trinajstić information content (AvgIpc) is 2.51. The van der Waals surface area contributed by atoms with Crippen molar-refractivity contribution in [3.8, 4) is 0 Å². The van der Waals surface area contributed by atoms with Crippen LogP contribution in [0.1, 0.15) is 18.9 Å². The number of nitrogens with zero attached hydrogens (tertiary/aromatic N) is 1. The van der Waals surface area contributed by atoms with Crippen LogP contribution in [0.2, 0.25) is 0 Å². The summed E-state index contributed by atoms with van der Waals surface area (Å²) in [5.74, 6) is -1.70. The van der Waals surface area contributed by atoms with Crippen LogP contribution in [0.15, 0.2) is 29.2 Å². The maximum atomic E-state index is 12.7. The Morgan fingerprint density at radius 2 is 2.04 bits per heavy atom. The molecule has 0 radical (unpaired) electrons. The Bertz CT molecular complexity index is 621. The van der Waals surface area contributed by atoms with Crippen LogP contribution in [-0.2, 0) is 15.8 Å². The molecule has 1 fully saturated rings. The first-order chi connectivity index (χ1) is 11.2. The quantitative estimate of drug-likeness (QED) is 0.836. The van der Waals surface area contributed by atoms with Gasteiger partial charge in [0.15, 0.2) is 0 Å². The second kappa shape index (κ2) is 7.46. The second-order valence-corrected chi connectivity index (χ2v) is 7.04. The molecule has 1 amide bonds. The predicted molar refractivity (Wildman–Crippen MR) is 83.7 cm³/mol. The third kappa shape index (κ3) is 4.90. The first-order valence-electron chi connectivity index (χ1n) is 7.47. The highest BCUT2D eigenvalue weighted by Crippen LogP contribution is 2.32. The SMILES string of the molecule is CC1CC(C(=O)O)CN(C(=O)CSc2cccc(C(F)(F)F)c2)C1. The molecule has 1 aromatic carbocycles. The molecule has 132 valence electrons. The Hall–Kier alpha value is -1.70. The van der Waals surface area contributed by atoms with Gasteiger partial charge in [-0.05, 0) is 30.5 Å². The summed E-state index contributed by atoms with van der Waals surface area (Å²) >= 11 is 1.02. The summed E-state index contributed by atoms with van der Waals surface area (Å²) in [4.78, 5) is 25.2. The number of hydrogen-bond acceptors (Lipinski definition) is 3. The maximum Gasteiger partial charge on any atom is 0.416 e. The number of likely N-dealkylation sites (tertiary alicyclic amines) is 1. The molecule has 0 bridgehead atoms. The number of rotatable bonds is 4. The summed E-state index contributed by atoms with van der Waals surface area (Å²) in [5.41, 5.74) is -0.752. The number of hydrogen-bond donors (Lipinski definition) is 1. The second-order valence-electron chi connectivity index (χ2n) is 5.99. The molecule has 1 aromatic rings. The van der Waals surface area contributed by atoms with E-state index in [1.807, 2.05) is 6.92 Å². The number of piperidine rings is 1. The molecule has 1 aliphatic heterocycles. The van der Waals surface area contributed by atoms with E-state index in [0.29, 0.717) is 17.9 Å². The van der Waals surface area contributed by atoms with E-state index >= 15 is 0 Å². The lowest BCUT2D eigenvalue weighted by Crippen LogP contribution is -2.46. The fourth-order valence-electron chi connectivity index (χ4n) is 2.73. The molecule has 0 saturated carbocycles. The van der Waals surface area contributed by atoms with Gasteiger partial charge in [-0.25, -0.2) is 0 Å². The van der Waals surface area contributed by atoms with Gasteiger partial charge in [0, 0.05) is 18.0 Å². The molecule has 0 spiro atoms. The standard InChI is InChI=1S/C16H18F3NO3S/c1-10-5-11(15(22)23)8-20(7-10)14(21)9-24-13-4-2-3-12(6-13)16(17,18)19/h2-4,6,10-11H,5,7-9H2,1H3,(H,22,23). The lowest BCUT2D eigenvalue weighted by molar-refractivity contribution is -0.146. The first-order valence-corrected chi connectivity index (χ1v) is 8.46. The van der Waals surface area contributed by atoms with Gasteiger partial charge in [-0.2, -0.15) is 13.2 Å². The number of thioether (sulfide) groups is 1. The van der Waals surface area contributed by atoms with Crippen LogP contribution < -0.4 is 0 Å². The zero-order valence-corrected chi connectivity index (χ0v) is 13.9. The largest absolute Gasteiger partial charge is 0.481 e. The van der Waals surface area contributed by atoms with Gasteiger partial charge in [0.05, 0.1) is 17.2 Å². The van der Waals surface area contributed by atoms with Crippen molar-refractivity contribution in [1.82, 2.24) is 4.90 Å². The third-order valence-corrected chi connectivity index (χ3v) is 4.86. The number of alkyl halides is 3. The predicted octanol–water partition coefficient (Wildman–Crippen LogP) is 3.37. The van der Waals surface area contributed by atoms with E-state index in [9.17, 15) is 22.8 Å². The lowest BCUT2D eigenvalue weighted by Gasteiger charge is -2.34. The number of aliphatic carboxylic acids is 1. The maximum absolute atomic E-state index is 12.7. The average molecular weight is 361 g/mol. The van der Waals surface area contributed by atoms with Crippen molar-refractivity contribution in [2.75, 3.05) is 18.8 Å². The fourth-order valence-corrected chi connectivity index (χ4v) is 3.59. The Morgan fingerprint density at radius 3 is 2.67 bits per heavy atom. The van der Waals surface area contributed by atoms with Gasteiger partial charge in [-0.3, -0.25) is 9.59 Å². The smallest absolute Gasteiger partial charge is 0.416 e. The van der Waals surface area contributed by atoms with Crippen LogP contribution in [0, 0.1) is 11.8 Å². The molecule has 4 nitrogen and oxygen atoms in total. The van der Waals surface area contributed by atoms with Gasteiger partial charge < -0.3 is 10.0 Å². The summed E-state index contributed by atoms with van der Waals surface area (Å²) in [6.07, 6.45) is -3.89. The zero-order chi connectivity index (χ0) is 17.9. The minimum Gasteiger partial charge on any atom is -0.481 e. The van der Waals surface area contributed by atoms with Gasteiger partial charge in [0.2, 0.25) is 5.91 Å². The van der Waals surface area contributed by atoms with E-state index in [1.54, 1.807) is 0 Å². The molecule has 1 aliphatic rings. The monoisotopic (exact) mass is 361 g/mol. The summed E-state index contributed by atoms with van der Waals surface area (Å²) < 4.78 is 38.0. The fraction of sp³-hybridized carbons (Fsp3) is 0.500. The molecule has 0 aliphatic carbocycles. The highest BCUT2D eigenvalue weighted by Gasteiger charge is 2.32. The van der Waals surface area contributed by atoms with E-state index in [4.69, 9.17) is 5.11 Å². The summed E-state index contributed by atoms with van der Waals surface area (Å²) in [5, 5.41) is 9.12. The zero-order valence-electron chi connectivity index (χ0n) is 13.0. The number of carboxylic acids is 1. The Morgan fingerprint density at radius 1 is 1.33 bits per heavy atom. The topological polar surface area (TPSA) is 57.6 Å². The summed E-state index contributed by atoms with van der Waals surface area (Å²) in [6, 6.07) is 4.82. The van der Waals surface area contributed by atoms with Crippen molar-refractivity contribution in [3.63, 3.8) is 0 Å². The molecule has 1 N–H and O–H groups in total. The van der Waals surface area contributed by atoms with Crippen LogP contribution in [0.3, 0.4) is 0 Å². The molecule has 24 heavy (non-hydrogen) atoms. The van der Waals surface area contributed by atoms with Crippen LogP contribution in [-0.4, -0.2) is 40.7 Å². The lowest BCUT2D eigenvalue weighted by atomic mass is 9.90. The van der Waals surface area contributed by atoms with Crippen molar-refractivity contribution >= 4 is 23.6 Å². The van der Waals surface area contributed by atoms with Crippen LogP contribution in [0.4, 0.5) is 13.2 Å². The van der Waals surface area contributed by atoms with Crippen molar-refractivity contribution in [2.45, 2.75) is 24.4 Å². The summed E-state index contributed by atoms with van der Waals surface area (Å²) in [6.45, 7) is 2.52. The van der Waals surface area contributed by atoms with E-state index < -0.39 is 23.6 Å². The molecule has 1 heterocycles. The first kappa shape index (κ1) is 18.6. The van der Waals surface area contributed by atoms with E-state index in [2.05, 4.69) is 0 Å². The van der Waals surface area contributed by atoms with Crippen molar-refractivity contribution in [3.05, 3.63) is 29.8 Å².